The Kier molecular flexibility index (Phi) is 4.70. The lowest BCUT2D eigenvalue weighted by atomic mass is 10.3. The van der Waals surface area contributed by atoms with Crippen molar-refractivity contribution in [2.24, 2.45) is 0 Å². The van der Waals surface area contributed by atoms with E-state index >= 15 is 0 Å². The van der Waals surface area contributed by atoms with Crippen LogP contribution in [0.15, 0.2) is 0 Å². The minimum atomic E-state index is -0.398. The summed E-state index contributed by atoms with van der Waals surface area (Å²) in [6, 6.07) is -0.712. The van der Waals surface area contributed by atoms with E-state index in [0.29, 0.717) is 13.2 Å². The molecule has 0 aromatic heterocycles. The molecule has 0 aliphatic carbocycles. The van der Waals surface area contributed by atoms with Crippen molar-refractivity contribution in [2.45, 2.75) is 19.0 Å². The second kappa shape index (κ2) is 5.81. The van der Waals surface area contributed by atoms with Gasteiger partial charge in [0.15, 0.2) is 0 Å². The second-order valence-electron chi connectivity index (χ2n) is 3.57. The number of methoxy groups -OCH3 is 2. The number of carbonyl (C=O) groups is 2. The fourth-order valence-corrected chi connectivity index (χ4v) is 1.42. The summed E-state index contributed by atoms with van der Waals surface area (Å²) in [5.41, 5.74) is 0. The minimum Gasteiger partial charge on any atom is -0.468 e. The Hall–Kier alpha value is -1.14. The Labute approximate surface area is 94.4 Å². The quantitative estimate of drug-likeness (QED) is 0.346. The Bertz CT molecular complexity index is 268. The van der Waals surface area contributed by atoms with Crippen molar-refractivity contribution in [1.82, 2.24) is 4.90 Å². The average molecular weight is 231 g/mol. The van der Waals surface area contributed by atoms with Gasteiger partial charge in [-0.15, -0.1) is 0 Å². The summed E-state index contributed by atoms with van der Waals surface area (Å²) in [5, 5.41) is 0. The van der Waals surface area contributed by atoms with Crippen LogP contribution in [0.3, 0.4) is 0 Å². The Morgan fingerprint density at radius 3 is 2.62 bits per heavy atom. The van der Waals surface area contributed by atoms with Crippen LogP contribution in [0.2, 0.25) is 0 Å². The molecule has 0 radical (unpaired) electrons. The highest BCUT2D eigenvalue weighted by Gasteiger charge is 2.47. The third kappa shape index (κ3) is 3.18. The maximum atomic E-state index is 11.4. The van der Waals surface area contributed by atoms with Crippen molar-refractivity contribution in [3.8, 4) is 0 Å². The molecule has 1 aliphatic rings. The first-order valence-corrected chi connectivity index (χ1v) is 5.11. The molecule has 3 atom stereocenters. The molecule has 0 saturated carbocycles. The number of carbonyl (C=O) groups excluding carboxylic acids is 2. The summed E-state index contributed by atoms with van der Waals surface area (Å²) < 4.78 is 14.3. The van der Waals surface area contributed by atoms with Gasteiger partial charge in [0.25, 0.3) is 0 Å². The van der Waals surface area contributed by atoms with Gasteiger partial charge in [-0.25, -0.2) is 0 Å². The van der Waals surface area contributed by atoms with Crippen molar-refractivity contribution in [1.29, 1.82) is 0 Å². The Balaban J connectivity index is 2.27. The van der Waals surface area contributed by atoms with Crippen LogP contribution in [0.25, 0.3) is 0 Å². The predicted molar refractivity (Wildman–Crippen MR) is 54.8 cm³/mol. The topological polar surface area (TPSA) is 64.8 Å². The Morgan fingerprint density at radius 2 is 2.06 bits per heavy atom. The van der Waals surface area contributed by atoms with Crippen molar-refractivity contribution in [3.63, 3.8) is 0 Å². The molecule has 0 N–H and O–H groups in total. The molecule has 1 heterocycles. The van der Waals surface area contributed by atoms with Gasteiger partial charge in [-0.2, -0.15) is 0 Å². The summed E-state index contributed by atoms with van der Waals surface area (Å²) in [7, 11) is 2.87. The molecule has 1 aliphatic heterocycles. The fraction of sp³-hybridized carbons (Fsp3) is 0.800. The minimum absolute atomic E-state index is 0.242. The second-order valence-corrected chi connectivity index (χ2v) is 3.57. The maximum absolute atomic E-state index is 11.4. The zero-order valence-electron chi connectivity index (χ0n) is 9.76. The highest BCUT2D eigenvalue weighted by molar-refractivity contribution is 5.82. The normalized spacial score (nSPS) is 24.7. The predicted octanol–water partition coefficient (Wildman–Crippen LogP) is -0.578. The standard InChI is InChI=1S/C10H17NO5/c1-7(9(12)15-3)11-6-8(11)10(13)16-5-4-14-2/h7-8H,4-6H2,1-3H3. The van der Waals surface area contributed by atoms with Crippen LogP contribution >= 0.6 is 0 Å². The molecule has 0 spiro atoms. The molecule has 1 rings (SSSR count). The molecule has 1 fully saturated rings. The molecule has 3 unspecified atom stereocenters. The zero-order chi connectivity index (χ0) is 12.1. The third-order valence-electron chi connectivity index (χ3n) is 2.49. The average Bonchev–Trinajstić information content (AvgIpc) is 3.07. The van der Waals surface area contributed by atoms with E-state index in [1.54, 1.807) is 11.8 Å². The third-order valence-corrected chi connectivity index (χ3v) is 2.49. The van der Waals surface area contributed by atoms with E-state index in [0.717, 1.165) is 0 Å². The van der Waals surface area contributed by atoms with Gasteiger partial charge in [0.1, 0.15) is 18.7 Å². The highest BCUT2D eigenvalue weighted by atomic mass is 16.6. The summed E-state index contributed by atoms with van der Waals surface area (Å²) in [5.74, 6) is -0.653. The van der Waals surface area contributed by atoms with Crippen molar-refractivity contribution in [2.75, 3.05) is 34.0 Å². The summed E-state index contributed by atoms with van der Waals surface area (Å²) in [6.45, 7) is 2.87. The SMILES string of the molecule is COCCOC(=O)C1CN1C(C)C(=O)OC. The van der Waals surface area contributed by atoms with Gasteiger partial charge in [-0.3, -0.25) is 14.5 Å². The number of esters is 2. The monoisotopic (exact) mass is 231 g/mol. The van der Waals surface area contributed by atoms with Gasteiger partial charge in [0, 0.05) is 13.7 Å². The van der Waals surface area contributed by atoms with Crippen molar-refractivity contribution >= 4 is 11.9 Å². The molecule has 16 heavy (non-hydrogen) atoms. The van der Waals surface area contributed by atoms with E-state index in [1.165, 1.54) is 14.2 Å². The summed E-state index contributed by atoms with van der Waals surface area (Å²) in [4.78, 5) is 24.3. The first kappa shape index (κ1) is 12.9. The van der Waals surface area contributed by atoms with Crippen LogP contribution in [-0.4, -0.2) is 62.9 Å². The van der Waals surface area contributed by atoms with Crippen molar-refractivity contribution in [3.05, 3.63) is 0 Å². The molecule has 0 aromatic carbocycles. The molecule has 0 amide bonds. The summed E-state index contributed by atoms with van der Waals surface area (Å²) >= 11 is 0. The van der Waals surface area contributed by atoms with Gasteiger partial charge in [0.05, 0.1) is 13.7 Å². The molecule has 6 nitrogen and oxygen atoms in total. The lowest BCUT2D eigenvalue weighted by molar-refractivity contribution is -0.147. The van der Waals surface area contributed by atoms with Gasteiger partial charge >= 0.3 is 11.9 Å². The molecule has 92 valence electrons. The molecular formula is C10H17NO5. The van der Waals surface area contributed by atoms with E-state index in [2.05, 4.69) is 4.74 Å². The van der Waals surface area contributed by atoms with Gasteiger partial charge in [0.2, 0.25) is 0 Å². The number of rotatable bonds is 6. The van der Waals surface area contributed by atoms with Crippen LogP contribution in [-0.2, 0) is 23.8 Å². The number of ether oxygens (including phenoxy) is 3. The molecule has 1 saturated heterocycles. The molecule has 6 heteroatoms. The van der Waals surface area contributed by atoms with E-state index in [9.17, 15) is 9.59 Å². The van der Waals surface area contributed by atoms with Crippen LogP contribution < -0.4 is 0 Å². The highest BCUT2D eigenvalue weighted by Crippen LogP contribution is 2.23. The van der Waals surface area contributed by atoms with Crippen molar-refractivity contribution < 1.29 is 23.8 Å². The number of hydrogen-bond acceptors (Lipinski definition) is 6. The van der Waals surface area contributed by atoms with Crippen LogP contribution in [0.5, 0.6) is 0 Å². The lowest BCUT2D eigenvalue weighted by Gasteiger charge is -2.10. The zero-order valence-corrected chi connectivity index (χ0v) is 9.76. The van der Waals surface area contributed by atoms with Crippen LogP contribution in [0.1, 0.15) is 6.92 Å². The first-order chi connectivity index (χ1) is 7.61. The number of nitrogens with zero attached hydrogens (tertiary/aromatic N) is 1. The maximum Gasteiger partial charge on any atom is 0.324 e. The number of hydrogen-bond donors (Lipinski definition) is 0. The van der Waals surface area contributed by atoms with Gasteiger partial charge in [-0.1, -0.05) is 0 Å². The van der Waals surface area contributed by atoms with E-state index < -0.39 is 6.04 Å². The van der Waals surface area contributed by atoms with E-state index in [1.807, 2.05) is 0 Å². The summed E-state index contributed by atoms with van der Waals surface area (Å²) in [6.07, 6.45) is 0. The lowest BCUT2D eigenvalue weighted by Crippen LogP contribution is -2.30. The van der Waals surface area contributed by atoms with E-state index in [4.69, 9.17) is 9.47 Å². The molecule has 0 aromatic rings. The van der Waals surface area contributed by atoms with Crippen LogP contribution in [0, 0.1) is 0 Å². The first-order valence-electron chi connectivity index (χ1n) is 5.11. The van der Waals surface area contributed by atoms with E-state index in [-0.39, 0.29) is 24.6 Å². The molecular weight excluding hydrogens is 214 g/mol. The largest absolute Gasteiger partial charge is 0.468 e. The fourth-order valence-electron chi connectivity index (χ4n) is 1.42. The Morgan fingerprint density at radius 1 is 1.38 bits per heavy atom. The molecule has 0 bridgehead atoms. The smallest absolute Gasteiger partial charge is 0.324 e. The van der Waals surface area contributed by atoms with Gasteiger partial charge < -0.3 is 14.2 Å². The van der Waals surface area contributed by atoms with Gasteiger partial charge in [-0.05, 0) is 6.92 Å². The van der Waals surface area contributed by atoms with Crippen LogP contribution in [0.4, 0.5) is 0 Å².